The van der Waals surface area contributed by atoms with Crippen LogP contribution in [0.4, 0.5) is 13.2 Å². The first kappa shape index (κ1) is 19.9. The van der Waals surface area contributed by atoms with Crippen molar-refractivity contribution in [2.45, 2.75) is 25.7 Å². The summed E-state index contributed by atoms with van der Waals surface area (Å²) in [6.45, 7) is 2.59. The Kier molecular flexibility index (Phi) is 5.20. The predicted molar refractivity (Wildman–Crippen MR) is 106 cm³/mol. The predicted octanol–water partition coefficient (Wildman–Crippen LogP) is 5.19. The molecule has 154 valence electrons. The topological polar surface area (TPSA) is 42.4 Å². The Hall–Kier alpha value is -3.35. The monoisotopic (exact) mass is 412 g/mol. The van der Waals surface area contributed by atoms with Gasteiger partial charge >= 0.3 is 6.18 Å². The molecule has 0 unspecified atom stereocenters. The fourth-order valence-corrected chi connectivity index (χ4v) is 3.40. The van der Waals surface area contributed by atoms with E-state index in [2.05, 4.69) is 4.98 Å². The summed E-state index contributed by atoms with van der Waals surface area (Å²) in [5.74, 6) is 0.264. The molecule has 0 saturated heterocycles. The van der Waals surface area contributed by atoms with Crippen molar-refractivity contribution in [2.24, 2.45) is 0 Å². The highest BCUT2D eigenvalue weighted by atomic mass is 19.4. The lowest BCUT2D eigenvalue weighted by Gasteiger charge is -2.26. The van der Waals surface area contributed by atoms with Crippen molar-refractivity contribution in [1.29, 1.82) is 0 Å². The van der Waals surface area contributed by atoms with Crippen LogP contribution in [0.3, 0.4) is 0 Å². The van der Waals surface area contributed by atoms with Crippen LogP contribution in [0, 0.1) is 0 Å². The van der Waals surface area contributed by atoms with Gasteiger partial charge in [-0.2, -0.15) is 13.2 Å². The largest absolute Gasteiger partial charge is 0.491 e. The summed E-state index contributed by atoms with van der Waals surface area (Å²) >= 11 is 0. The fraction of sp³-hybridized carbons (Fsp3) is 0.217. The van der Waals surface area contributed by atoms with Crippen LogP contribution in [0.5, 0.6) is 5.75 Å². The number of carbonyl (C=O) groups excluding carboxylic acids is 1. The molecular weight excluding hydrogens is 393 g/mol. The van der Waals surface area contributed by atoms with Crippen LogP contribution >= 0.6 is 0 Å². The molecule has 0 fully saturated rings. The Balaban J connectivity index is 1.66. The normalized spacial score (nSPS) is 16.6. The van der Waals surface area contributed by atoms with E-state index in [4.69, 9.17) is 4.74 Å². The molecule has 0 N–H and O–H groups in total. The number of fused-ring (bicyclic) bond motifs is 1. The summed E-state index contributed by atoms with van der Waals surface area (Å²) in [5.41, 5.74) is 1.67. The summed E-state index contributed by atoms with van der Waals surface area (Å²) in [6.07, 6.45) is -2.71. The van der Waals surface area contributed by atoms with E-state index in [9.17, 15) is 18.0 Å². The van der Waals surface area contributed by atoms with Crippen LogP contribution in [0.2, 0.25) is 0 Å². The van der Waals surface area contributed by atoms with Crippen molar-refractivity contribution in [3.8, 4) is 16.9 Å². The van der Waals surface area contributed by atoms with Gasteiger partial charge in [0.1, 0.15) is 12.4 Å². The number of aromatic nitrogens is 1. The van der Waals surface area contributed by atoms with E-state index in [1.165, 1.54) is 12.1 Å². The van der Waals surface area contributed by atoms with Crippen LogP contribution in [0.15, 0.2) is 66.9 Å². The van der Waals surface area contributed by atoms with Gasteiger partial charge in [0.25, 0.3) is 5.91 Å². The lowest BCUT2D eigenvalue weighted by atomic mass is 10.0. The Labute approximate surface area is 171 Å². The first-order chi connectivity index (χ1) is 14.3. The maximum absolute atomic E-state index is 13.3. The number of alkyl halides is 3. The molecular formula is C23H19F3N2O2. The van der Waals surface area contributed by atoms with Crippen molar-refractivity contribution in [3.05, 3.63) is 83.7 Å². The van der Waals surface area contributed by atoms with Gasteiger partial charge in [0.05, 0.1) is 29.4 Å². The van der Waals surface area contributed by atoms with Crippen molar-refractivity contribution < 1.29 is 22.7 Å². The van der Waals surface area contributed by atoms with E-state index < -0.39 is 11.7 Å². The lowest BCUT2D eigenvalue weighted by Crippen LogP contribution is -2.39. The fourth-order valence-electron chi connectivity index (χ4n) is 3.40. The third-order valence-electron chi connectivity index (χ3n) is 5.09. The molecule has 1 aromatic heterocycles. The van der Waals surface area contributed by atoms with Gasteiger partial charge in [0, 0.05) is 6.20 Å². The number of rotatable bonds is 3. The maximum Gasteiger partial charge on any atom is 0.416 e. The summed E-state index contributed by atoms with van der Waals surface area (Å²) in [5, 5.41) is 0. The first-order valence-electron chi connectivity index (χ1n) is 9.48. The Morgan fingerprint density at radius 2 is 1.80 bits per heavy atom. The number of benzene rings is 2. The van der Waals surface area contributed by atoms with Crippen molar-refractivity contribution >= 4 is 5.91 Å². The number of pyridine rings is 1. The number of hydrogen-bond acceptors (Lipinski definition) is 3. The van der Waals surface area contributed by atoms with Crippen LogP contribution in [-0.2, 0) is 12.7 Å². The molecule has 0 bridgehead atoms. The zero-order chi connectivity index (χ0) is 21.3. The number of hydrogen-bond donors (Lipinski definition) is 0. The molecule has 0 saturated carbocycles. The molecule has 0 radical (unpaired) electrons. The summed E-state index contributed by atoms with van der Waals surface area (Å²) < 4.78 is 44.3. The summed E-state index contributed by atoms with van der Waals surface area (Å²) in [6, 6.07) is 15.3. The molecule has 1 aliphatic heterocycles. The molecule has 0 aliphatic carbocycles. The summed E-state index contributed by atoms with van der Waals surface area (Å²) in [4.78, 5) is 19.3. The van der Waals surface area contributed by atoms with Crippen LogP contribution in [0.1, 0.15) is 28.5 Å². The molecule has 1 atom stereocenters. The second-order valence-corrected chi connectivity index (χ2v) is 7.20. The minimum atomic E-state index is -4.39. The second-order valence-electron chi connectivity index (χ2n) is 7.20. The molecule has 4 rings (SSSR count). The maximum atomic E-state index is 13.3. The van der Waals surface area contributed by atoms with Crippen molar-refractivity contribution in [1.82, 2.24) is 9.88 Å². The van der Waals surface area contributed by atoms with Crippen molar-refractivity contribution in [2.75, 3.05) is 6.61 Å². The van der Waals surface area contributed by atoms with Crippen LogP contribution in [-0.4, -0.2) is 28.4 Å². The minimum Gasteiger partial charge on any atom is -0.491 e. The summed E-state index contributed by atoms with van der Waals surface area (Å²) in [7, 11) is 0. The van der Waals surface area contributed by atoms with Gasteiger partial charge in [-0.15, -0.1) is 0 Å². The molecule has 0 spiro atoms. The number of nitrogens with zero attached hydrogens (tertiary/aromatic N) is 2. The van der Waals surface area contributed by atoms with Gasteiger partial charge in [-0.3, -0.25) is 9.78 Å². The van der Waals surface area contributed by atoms with Gasteiger partial charge in [-0.1, -0.05) is 24.3 Å². The van der Waals surface area contributed by atoms with E-state index in [0.29, 0.717) is 35.6 Å². The zero-order valence-corrected chi connectivity index (χ0v) is 16.2. The Bertz CT molecular complexity index is 1050. The van der Waals surface area contributed by atoms with E-state index in [0.717, 1.165) is 17.8 Å². The number of carbonyl (C=O) groups is 1. The molecule has 7 heteroatoms. The van der Waals surface area contributed by atoms with Crippen molar-refractivity contribution in [3.63, 3.8) is 0 Å². The van der Waals surface area contributed by atoms with E-state index in [1.807, 2.05) is 25.1 Å². The number of halogens is 3. The van der Waals surface area contributed by atoms with Gasteiger partial charge in [0.2, 0.25) is 0 Å². The highest BCUT2D eigenvalue weighted by Crippen LogP contribution is 2.33. The highest BCUT2D eigenvalue weighted by Gasteiger charge is 2.31. The molecule has 2 aromatic carbocycles. The van der Waals surface area contributed by atoms with E-state index >= 15 is 0 Å². The van der Waals surface area contributed by atoms with Gasteiger partial charge in [-0.05, 0) is 54.4 Å². The molecule has 2 heterocycles. The Morgan fingerprint density at radius 1 is 1.07 bits per heavy atom. The molecule has 3 aromatic rings. The number of ether oxygens (including phenoxy) is 1. The van der Waals surface area contributed by atoms with Gasteiger partial charge in [0.15, 0.2) is 0 Å². The first-order valence-corrected chi connectivity index (χ1v) is 9.48. The molecule has 4 nitrogen and oxygen atoms in total. The van der Waals surface area contributed by atoms with Crippen LogP contribution < -0.4 is 4.74 Å². The number of amides is 1. The standard InChI is InChI=1S/C23H19F3N2O2/c1-15-14-30-21-10-7-17(16-5-8-18(9-6-16)23(24,25)26)12-20(21)22(29)28(15)13-19-4-2-3-11-27-19/h2-12,15H,13-14H2,1H3/t15-/m0/s1. The quantitative estimate of drug-likeness (QED) is 0.595. The lowest BCUT2D eigenvalue weighted by molar-refractivity contribution is -0.137. The highest BCUT2D eigenvalue weighted by molar-refractivity contribution is 5.98. The minimum absolute atomic E-state index is 0.165. The average molecular weight is 412 g/mol. The van der Waals surface area contributed by atoms with Gasteiger partial charge in [-0.25, -0.2) is 0 Å². The third kappa shape index (κ3) is 4.01. The van der Waals surface area contributed by atoms with Crippen LogP contribution in [0.25, 0.3) is 11.1 Å². The average Bonchev–Trinajstić information content (AvgIpc) is 2.86. The Morgan fingerprint density at radius 3 is 2.47 bits per heavy atom. The van der Waals surface area contributed by atoms with E-state index in [-0.39, 0.29) is 11.9 Å². The zero-order valence-electron chi connectivity index (χ0n) is 16.2. The molecule has 1 aliphatic rings. The van der Waals surface area contributed by atoms with Gasteiger partial charge < -0.3 is 9.64 Å². The van der Waals surface area contributed by atoms with E-state index in [1.54, 1.807) is 29.3 Å². The molecule has 30 heavy (non-hydrogen) atoms. The second kappa shape index (κ2) is 7.82. The third-order valence-corrected chi connectivity index (χ3v) is 5.09. The SMILES string of the molecule is C[C@H]1COc2ccc(-c3ccc(C(F)(F)F)cc3)cc2C(=O)N1Cc1ccccn1. The molecule has 1 amide bonds. The smallest absolute Gasteiger partial charge is 0.416 e.